The van der Waals surface area contributed by atoms with Gasteiger partial charge in [0, 0.05) is 38.4 Å². The standard InChI is InChI=1S/C22H27N5OS/c1-5-27-21(19-9-7-6-8-16(19)2)24-25-22(27)29-15-20(28)23-14-17-10-12-18(13-11-17)26(3)4/h6-13H,5,14-15H2,1-4H3,(H,23,28). The lowest BCUT2D eigenvalue weighted by Crippen LogP contribution is -2.24. The van der Waals surface area contributed by atoms with Crippen LogP contribution in [0.2, 0.25) is 0 Å². The third kappa shape index (κ3) is 5.17. The number of anilines is 1. The van der Waals surface area contributed by atoms with E-state index in [2.05, 4.69) is 40.0 Å². The minimum Gasteiger partial charge on any atom is -0.378 e. The minimum atomic E-state index is -0.0187. The maximum absolute atomic E-state index is 12.3. The zero-order valence-electron chi connectivity index (χ0n) is 17.3. The normalized spacial score (nSPS) is 10.8. The van der Waals surface area contributed by atoms with Gasteiger partial charge in [-0.1, -0.05) is 48.2 Å². The van der Waals surface area contributed by atoms with Gasteiger partial charge in [0.05, 0.1) is 5.75 Å². The Kier molecular flexibility index (Phi) is 6.93. The number of hydrogen-bond acceptors (Lipinski definition) is 5. The molecule has 7 heteroatoms. The van der Waals surface area contributed by atoms with Crippen molar-refractivity contribution in [1.82, 2.24) is 20.1 Å². The first-order valence-electron chi connectivity index (χ1n) is 9.64. The third-order valence-electron chi connectivity index (χ3n) is 4.69. The van der Waals surface area contributed by atoms with E-state index in [1.807, 2.05) is 61.5 Å². The first kappa shape index (κ1) is 20.9. The molecule has 3 rings (SSSR count). The molecule has 1 N–H and O–H groups in total. The summed E-state index contributed by atoms with van der Waals surface area (Å²) in [5, 5.41) is 12.4. The van der Waals surface area contributed by atoms with Gasteiger partial charge in [0.1, 0.15) is 0 Å². The van der Waals surface area contributed by atoms with Gasteiger partial charge in [0.15, 0.2) is 11.0 Å². The molecule has 0 aliphatic rings. The van der Waals surface area contributed by atoms with E-state index in [1.165, 1.54) is 11.8 Å². The van der Waals surface area contributed by atoms with E-state index in [0.29, 0.717) is 12.3 Å². The number of benzene rings is 2. The van der Waals surface area contributed by atoms with Crippen LogP contribution in [0.25, 0.3) is 11.4 Å². The number of carbonyl (C=O) groups excluding carboxylic acids is 1. The van der Waals surface area contributed by atoms with Crippen molar-refractivity contribution in [3.8, 4) is 11.4 Å². The zero-order chi connectivity index (χ0) is 20.8. The van der Waals surface area contributed by atoms with Crippen molar-refractivity contribution in [2.45, 2.75) is 32.1 Å². The second-order valence-electron chi connectivity index (χ2n) is 6.99. The summed E-state index contributed by atoms with van der Waals surface area (Å²) in [5.41, 5.74) is 4.44. The Morgan fingerprint density at radius 3 is 2.48 bits per heavy atom. The molecule has 0 fully saturated rings. The Hall–Kier alpha value is -2.80. The highest BCUT2D eigenvalue weighted by atomic mass is 32.2. The number of thioether (sulfide) groups is 1. The lowest BCUT2D eigenvalue weighted by molar-refractivity contribution is -0.118. The summed E-state index contributed by atoms with van der Waals surface area (Å²) in [6.07, 6.45) is 0. The molecule has 3 aromatic rings. The Morgan fingerprint density at radius 2 is 1.83 bits per heavy atom. The highest BCUT2D eigenvalue weighted by Crippen LogP contribution is 2.26. The summed E-state index contributed by atoms with van der Waals surface area (Å²) in [6.45, 7) is 5.39. The summed E-state index contributed by atoms with van der Waals surface area (Å²) < 4.78 is 2.06. The lowest BCUT2D eigenvalue weighted by Gasteiger charge is -2.13. The van der Waals surface area contributed by atoms with Crippen LogP contribution in [0.5, 0.6) is 0 Å². The fourth-order valence-electron chi connectivity index (χ4n) is 3.00. The summed E-state index contributed by atoms with van der Waals surface area (Å²) in [4.78, 5) is 14.3. The maximum Gasteiger partial charge on any atom is 0.230 e. The SMILES string of the molecule is CCn1c(SCC(=O)NCc2ccc(N(C)C)cc2)nnc1-c1ccccc1C. The molecule has 0 aliphatic carbocycles. The number of aromatic nitrogens is 3. The van der Waals surface area contributed by atoms with Crippen LogP contribution in [-0.2, 0) is 17.9 Å². The van der Waals surface area contributed by atoms with E-state index in [4.69, 9.17) is 0 Å². The molecule has 0 atom stereocenters. The van der Waals surface area contributed by atoms with Gasteiger partial charge in [0.25, 0.3) is 0 Å². The highest BCUT2D eigenvalue weighted by Gasteiger charge is 2.15. The number of rotatable bonds is 8. The molecular weight excluding hydrogens is 382 g/mol. The molecule has 29 heavy (non-hydrogen) atoms. The van der Waals surface area contributed by atoms with E-state index in [9.17, 15) is 4.79 Å². The van der Waals surface area contributed by atoms with Crippen LogP contribution >= 0.6 is 11.8 Å². The number of nitrogens with one attached hydrogen (secondary N) is 1. The number of amides is 1. The second-order valence-corrected chi connectivity index (χ2v) is 7.93. The predicted molar refractivity (Wildman–Crippen MR) is 119 cm³/mol. The Balaban J connectivity index is 1.58. The van der Waals surface area contributed by atoms with Gasteiger partial charge in [-0.2, -0.15) is 0 Å². The van der Waals surface area contributed by atoms with Crippen LogP contribution in [0.3, 0.4) is 0 Å². The van der Waals surface area contributed by atoms with Crippen LogP contribution in [0, 0.1) is 6.92 Å². The van der Waals surface area contributed by atoms with Crippen LogP contribution < -0.4 is 10.2 Å². The van der Waals surface area contributed by atoms with E-state index in [0.717, 1.165) is 39.9 Å². The first-order chi connectivity index (χ1) is 14.0. The summed E-state index contributed by atoms with van der Waals surface area (Å²) in [6, 6.07) is 16.3. The number of hydrogen-bond donors (Lipinski definition) is 1. The molecule has 2 aromatic carbocycles. The lowest BCUT2D eigenvalue weighted by atomic mass is 10.1. The average molecular weight is 410 g/mol. The van der Waals surface area contributed by atoms with Crippen LogP contribution in [0.15, 0.2) is 53.7 Å². The van der Waals surface area contributed by atoms with Crippen LogP contribution in [0.4, 0.5) is 5.69 Å². The van der Waals surface area contributed by atoms with E-state index in [1.54, 1.807) is 0 Å². The molecule has 0 radical (unpaired) electrons. The van der Waals surface area contributed by atoms with Crippen LogP contribution in [0.1, 0.15) is 18.1 Å². The van der Waals surface area contributed by atoms with Gasteiger partial charge in [-0.3, -0.25) is 4.79 Å². The number of aryl methyl sites for hydroxylation is 1. The molecule has 1 heterocycles. The topological polar surface area (TPSA) is 63.1 Å². The second kappa shape index (κ2) is 9.60. The van der Waals surface area contributed by atoms with Crippen LogP contribution in [-0.4, -0.2) is 40.5 Å². The molecule has 1 amide bonds. The summed E-state index contributed by atoms with van der Waals surface area (Å²) in [5.74, 6) is 1.13. The molecule has 6 nitrogen and oxygen atoms in total. The molecule has 0 saturated carbocycles. The van der Waals surface area contributed by atoms with Crippen molar-refractivity contribution in [1.29, 1.82) is 0 Å². The van der Waals surface area contributed by atoms with Crippen molar-refractivity contribution >= 4 is 23.4 Å². The van der Waals surface area contributed by atoms with Crippen molar-refractivity contribution in [2.75, 3.05) is 24.7 Å². The van der Waals surface area contributed by atoms with E-state index < -0.39 is 0 Å². The molecule has 0 bridgehead atoms. The molecule has 0 saturated heterocycles. The third-order valence-corrected chi connectivity index (χ3v) is 5.66. The van der Waals surface area contributed by atoms with Crippen molar-refractivity contribution in [2.24, 2.45) is 0 Å². The fourth-order valence-corrected chi connectivity index (χ4v) is 3.83. The Bertz CT molecular complexity index is 966. The number of nitrogens with zero attached hydrogens (tertiary/aromatic N) is 4. The highest BCUT2D eigenvalue weighted by molar-refractivity contribution is 7.99. The van der Waals surface area contributed by atoms with Gasteiger partial charge < -0.3 is 14.8 Å². The average Bonchev–Trinajstić information content (AvgIpc) is 3.14. The number of carbonyl (C=O) groups is 1. The van der Waals surface area contributed by atoms with E-state index >= 15 is 0 Å². The van der Waals surface area contributed by atoms with Gasteiger partial charge in [-0.15, -0.1) is 10.2 Å². The van der Waals surface area contributed by atoms with Crippen molar-refractivity contribution < 1.29 is 4.79 Å². The Labute approximate surface area is 176 Å². The van der Waals surface area contributed by atoms with E-state index in [-0.39, 0.29) is 5.91 Å². The largest absolute Gasteiger partial charge is 0.378 e. The fraction of sp³-hybridized carbons (Fsp3) is 0.318. The molecular formula is C22H27N5OS. The quantitative estimate of drug-likeness (QED) is 0.574. The zero-order valence-corrected chi connectivity index (χ0v) is 18.2. The Morgan fingerprint density at radius 1 is 1.10 bits per heavy atom. The molecule has 152 valence electrons. The maximum atomic E-state index is 12.3. The van der Waals surface area contributed by atoms with Crippen molar-refractivity contribution in [3.63, 3.8) is 0 Å². The van der Waals surface area contributed by atoms with Gasteiger partial charge in [-0.25, -0.2) is 0 Å². The minimum absolute atomic E-state index is 0.0187. The van der Waals surface area contributed by atoms with Gasteiger partial charge in [-0.05, 0) is 37.1 Å². The monoisotopic (exact) mass is 409 g/mol. The smallest absolute Gasteiger partial charge is 0.230 e. The molecule has 0 aliphatic heterocycles. The summed E-state index contributed by atoms with van der Waals surface area (Å²) >= 11 is 1.41. The predicted octanol–water partition coefficient (Wildman–Crippen LogP) is 3.75. The molecule has 0 spiro atoms. The molecule has 0 unspecified atom stereocenters. The first-order valence-corrected chi connectivity index (χ1v) is 10.6. The molecule has 1 aromatic heterocycles. The van der Waals surface area contributed by atoms with Crippen molar-refractivity contribution in [3.05, 3.63) is 59.7 Å². The van der Waals surface area contributed by atoms with Gasteiger partial charge >= 0.3 is 0 Å². The summed E-state index contributed by atoms with van der Waals surface area (Å²) in [7, 11) is 4.02. The van der Waals surface area contributed by atoms with Gasteiger partial charge in [0.2, 0.25) is 5.91 Å².